The number of urea groups is 1. The molecule has 2 atom stereocenters. The van der Waals surface area contributed by atoms with Gasteiger partial charge in [0.1, 0.15) is 6.54 Å². The van der Waals surface area contributed by atoms with Crippen molar-refractivity contribution in [1.82, 2.24) is 10.6 Å². The molecule has 1 saturated carbocycles. The largest absolute Gasteiger partial charge is 0.480 e. The minimum Gasteiger partial charge on any atom is -0.480 e. The van der Waals surface area contributed by atoms with Crippen molar-refractivity contribution in [2.45, 2.75) is 37.5 Å². The van der Waals surface area contributed by atoms with Crippen molar-refractivity contribution >= 4 is 23.8 Å². The molecule has 0 radical (unpaired) electrons. The van der Waals surface area contributed by atoms with Gasteiger partial charge in [0.25, 0.3) is 0 Å². The smallest absolute Gasteiger partial charge is 0.323 e. The van der Waals surface area contributed by atoms with Gasteiger partial charge in [0.15, 0.2) is 0 Å². The van der Waals surface area contributed by atoms with E-state index in [0.29, 0.717) is 5.25 Å². The minimum absolute atomic E-state index is 0.192. The van der Waals surface area contributed by atoms with Gasteiger partial charge in [-0.2, -0.15) is 11.8 Å². The fourth-order valence-electron chi connectivity index (χ4n) is 1.85. The molecule has 0 aromatic carbocycles. The molecule has 2 unspecified atom stereocenters. The van der Waals surface area contributed by atoms with Gasteiger partial charge < -0.3 is 15.7 Å². The Morgan fingerprint density at radius 2 is 2.19 bits per heavy atom. The van der Waals surface area contributed by atoms with E-state index in [1.807, 2.05) is 11.8 Å². The Kier molecular flexibility index (Phi) is 5.45. The third-order valence-electron chi connectivity index (χ3n) is 2.52. The molecule has 0 saturated heterocycles. The lowest BCUT2D eigenvalue weighted by atomic mass is 10.2. The van der Waals surface area contributed by atoms with E-state index in [2.05, 4.69) is 17.6 Å². The summed E-state index contributed by atoms with van der Waals surface area (Å²) in [7, 11) is 0. The molecule has 1 fully saturated rings. The highest BCUT2D eigenvalue weighted by atomic mass is 32.2. The van der Waals surface area contributed by atoms with Gasteiger partial charge in [0, 0.05) is 11.3 Å². The predicted molar refractivity (Wildman–Crippen MR) is 63.7 cm³/mol. The molecule has 2 amide bonds. The number of amides is 2. The Morgan fingerprint density at radius 1 is 1.44 bits per heavy atom. The van der Waals surface area contributed by atoms with Gasteiger partial charge >= 0.3 is 12.0 Å². The van der Waals surface area contributed by atoms with Crippen molar-refractivity contribution in [3.05, 3.63) is 0 Å². The summed E-state index contributed by atoms with van der Waals surface area (Å²) in [5.74, 6) is 0.0729. The van der Waals surface area contributed by atoms with Gasteiger partial charge in [-0.05, 0) is 25.0 Å². The van der Waals surface area contributed by atoms with Crippen molar-refractivity contribution in [3.8, 4) is 0 Å². The maximum Gasteiger partial charge on any atom is 0.323 e. The van der Waals surface area contributed by atoms with Gasteiger partial charge in [-0.15, -0.1) is 0 Å². The lowest BCUT2D eigenvalue weighted by Crippen LogP contribution is -2.42. The van der Waals surface area contributed by atoms with Gasteiger partial charge in [0.05, 0.1) is 0 Å². The highest BCUT2D eigenvalue weighted by molar-refractivity contribution is 7.99. The number of carboxylic acid groups (broad SMARTS) is 1. The zero-order valence-corrected chi connectivity index (χ0v) is 10.2. The molecule has 6 heteroatoms. The lowest BCUT2D eigenvalue weighted by molar-refractivity contribution is -0.135. The van der Waals surface area contributed by atoms with Crippen LogP contribution in [0.3, 0.4) is 0 Å². The van der Waals surface area contributed by atoms with Crippen molar-refractivity contribution < 1.29 is 14.7 Å². The zero-order chi connectivity index (χ0) is 12.0. The molecule has 0 aliphatic heterocycles. The second-order valence-electron chi connectivity index (χ2n) is 3.81. The van der Waals surface area contributed by atoms with Gasteiger partial charge in [0.2, 0.25) is 0 Å². The summed E-state index contributed by atoms with van der Waals surface area (Å²) in [5, 5.41) is 14.1. The number of nitrogens with one attached hydrogen (secondary N) is 2. The van der Waals surface area contributed by atoms with Crippen LogP contribution in [-0.4, -0.2) is 40.7 Å². The van der Waals surface area contributed by atoms with Gasteiger partial charge in [-0.1, -0.05) is 6.92 Å². The lowest BCUT2D eigenvalue weighted by Gasteiger charge is -2.13. The number of aliphatic carboxylic acids is 1. The summed E-state index contributed by atoms with van der Waals surface area (Å²) in [6, 6.07) is -0.188. The normalized spacial score (nSPS) is 24.1. The third-order valence-corrected chi connectivity index (χ3v) is 3.76. The monoisotopic (exact) mass is 246 g/mol. The van der Waals surface area contributed by atoms with E-state index in [9.17, 15) is 9.59 Å². The highest BCUT2D eigenvalue weighted by Crippen LogP contribution is 2.29. The molecule has 0 aromatic rings. The van der Waals surface area contributed by atoms with Crippen LogP contribution in [0.5, 0.6) is 0 Å². The van der Waals surface area contributed by atoms with Gasteiger partial charge in [-0.25, -0.2) is 4.79 Å². The van der Waals surface area contributed by atoms with Crippen molar-refractivity contribution in [2.75, 3.05) is 12.3 Å². The number of carbonyl (C=O) groups is 2. The number of hydrogen-bond donors (Lipinski definition) is 3. The maximum atomic E-state index is 11.3. The number of carbonyl (C=O) groups excluding carboxylic acids is 1. The third kappa shape index (κ3) is 4.74. The first kappa shape index (κ1) is 13.2. The Balaban J connectivity index is 2.18. The average Bonchev–Trinajstić information content (AvgIpc) is 2.63. The molecule has 0 bridgehead atoms. The Bertz CT molecular complexity index is 260. The molecule has 0 heterocycles. The fraction of sp³-hybridized carbons (Fsp3) is 0.800. The molecule has 3 N–H and O–H groups in total. The predicted octanol–water partition coefficient (Wildman–Crippen LogP) is 1.04. The maximum absolute atomic E-state index is 11.3. The first-order chi connectivity index (χ1) is 7.61. The molecule has 0 spiro atoms. The summed E-state index contributed by atoms with van der Waals surface area (Å²) in [5.41, 5.74) is 0. The first-order valence-electron chi connectivity index (χ1n) is 5.49. The van der Waals surface area contributed by atoms with Crippen molar-refractivity contribution in [1.29, 1.82) is 0 Å². The molecule has 0 aromatic heterocycles. The molecule has 1 aliphatic carbocycles. The second kappa shape index (κ2) is 6.62. The summed E-state index contributed by atoms with van der Waals surface area (Å²) in [6.45, 7) is 1.80. The van der Waals surface area contributed by atoms with Crippen LogP contribution in [-0.2, 0) is 4.79 Å². The number of rotatable bonds is 5. The van der Waals surface area contributed by atoms with Crippen LogP contribution in [0.15, 0.2) is 0 Å². The summed E-state index contributed by atoms with van der Waals surface area (Å²) >= 11 is 1.92. The van der Waals surface area contributed by atoms with Crippen LogP contribution in [0.25, 0.3) is 0 Å². The van der Waals surface area contributed by atoms with E-state index >= 15 is 0 Å². The molecular formula is C10H18N2O3S. The second-order valence-corrected chi connectivity index (χ2v) is 5.39. The summed E-state index contributed by atoms with van der Waals surface area (Å²) in [6.07, 6.45) is 3.10. The zero-order valence-electron chi connectivity index (χ0n) is 9.36. The number of hydrogen-bond acceptors (Lipinski definition) is 3. The van der Waals surface area contributed by atoms with E-state index in [4.69, 9.17) is 5.11 Å². The molecule has 1 aliphatic rings. The van der Waals surface area contributed by atoms with Crippen LogP contribution in [0.1, 0.15) is 26.2 Å². The Morgan fingerprint density at radius 3 is 2.81 bits per heavy atom. The number of carboxylic acids is 1. The average molecular weight is 246 g/mol. The van der Waals surface area contributed by atoms with Crippen LogP contribution < -0.4 is 10.6 Å². The minimum atomic E-state index is -1.03. The molecule has 16 heavy (non-hydrogen) atoms. The Hall–Kier alpha value is -0.910. The fourth-order valence-corrected chi connectivity index (χ4v) is 2.99. The summed E-state index contributed by atoms with van der Waals surface area (Å²) < 4.78 is 0. The van der Waals surface area contributed by atoms with E-state index in [1.165, 1.54) is 0 Å². The van der Waals surface area contributed by atoms with Crippen LogP contribution in [0.4, 0.5) is 4.79 Å². The van der Waals surface area contributed by atoms with E-state index in [0.717, 1.165) is 25.0 Å². The van der Waals surface area contributed by atoms with E-state index < -0.39 is 5.97 Å². The van der Waals surface area contributed by atoms with Crippen molar-refractivity contribution in [2.24, 2.45) is 0 Å². The molecular weight excluding hydrogens is 228 g/mol. The Labute approximate surface area is 99.4 Å². The number of thioether (sulfide) groups is 1. The standard InChI is InChI=1S/C10H18N2O3S/c1-2-16-8-4-3-7(5-8)12-10(15)11-6-9(13)14/h7-8H,2-6H2,1H3,(H,13,14)(H2,11,12,15). The quantitative estimate of drug-likeness (QED) is 0.677. The van der Waals surface area contributed by atoms with Crippen LogP contribution in [0, 0.1) is 0 Å². The topological polar surface area (TPSA) is 78.4 Å². The molecule has 1 rings (SSSR count). The van der Waals surface area contributed by atoms with Crippen LogP contribution >= 0.6 is 11.8 Å². The van der Waals surface area contributed by atoms with Crippen LogP contribution in [0.2, 0.25) is 0 Å². The van der Waals surface area contributed by atoms with E-state index in [-0.39, 0.29) is 18.6 Å². The van der Waals surface area contributed by atoms with Crippen molar-refractivity contribution in [3.63, 3.8) is 0 Å². The molecule has 5 nitrogen and oxygen atoms in total. The highest BCUT2D eigenvalue weighted by Gasteiger charge is 2.25. The molecule has 92 valence electrons. The summed E-state index contributed by atoms with van der Waals surface area (Å²) in [4.78, 5) is 21.5. The SMILES string of the molecule is CCSC1CCC(NC(=O)NCC(=O)O)C1. The van der Waals surface area contributed by atoms with E-state index in [1.54, 1.807) is 0 Å². The first-order valence-corrected chi connectivity index (χ1v) is 6.54. The van der Waals surface area contributed by atoms with Gasteiger partial charge in [-0.3, -0.25) is 4.79 Å².